The predicted octanol–water partition coefficient (Wildman–Crippen LogP) is 4.20. The molecule has 0 aliphatic heterocycles. The van der Waals surface area contributed by atoms with Crippen LogP contribution in [0.4, 0.5) is 13.2 Å². The number of hydrogen-bond acceptors (Lipinski definition) is 28. The topological polar surface area (TPSA) is 413 Å². The van der Waals surface area contributed by atoms with E-state index in [1.165, 1.54) is 64.0 Å². The van der Waals surface area contributed by atoms with Crippen molar-refractivity contribution in [2.45, 2.75) is 113 Å². The minimum atomic E-state index is -3.66. The minimum absolute atomic E-state index is 0.0509. The summed E-state index contributed by atoms with van der Waals surface area (Å²) in [7, 11) is -7.31. The van der Waals surface area contributed by atoms with E-state index in [1.54, 1.807) is 32.0 Å². The fraction of sp³-hybridized carbons (Fsp3) is 0.592. The molecule has 8 rings (SSSR count). The van der Waals surface area contributed by atoms with Crippen LogP contribution in [0.1, 0.15) is 86.8 Å². The molecule has 0 saturated heterocycles. The lowest BCUT2D eigenvalue weighted by molar-refractivity contribution is -0.221. The Balaban J connectivity index is 0.587. The molecule has 3 heterocycles. The van der Waals surface area contributed by atoms with Crippen molar-refractivity contribution in [1.82, 2.24) is 41.2 Å². The van der Waals surface area contributed by atoms with Gasteiger partial charge in [-0.25, -0.2) is 54.7 Å². The van der Waals surface area contributed by atoms with E-state index in [0.717, 1.165) is 24.7 Å². The highest BCUT2D eigenvalue weighted by molar-refractivity contribution is 8.13. The Morgan fingerprint density at radius 1 is 0.667 bits per heavy atom. The van der Waals surface area contributed by atoms with E-state index in [1.807, 2.05) is 0 Å². The van der Waals surface area contributed by atoms with Gasteiger partial charge in [0.15, 0.2) is 17.1 Å². The molecule has 4 aliphatic carbocycles. The third kappa shape index (κ3) is 21.7. The summed E-state index contributed by atoms with van der Waals surface area (Å²) in [6.45, 7) is 11.8. The van der Waals surface area contributed by atoms with Gasteiger partial charge in [-0.2, -0.15) is 0 Å². The summed E-state index contributed by atoms with van der Waals surface area (Å²) >= 11 is 0.268. The van der Waals surface area contributed by atoms with Crippen LogP contribution in [0.25, 0.3) is 22.3 Å². The smallest absolute Gasteiger partial charge is 0.375 e. The van der Waals surface area contributed by atoms with Crippen molar-refractivity contribution in [1.29, 1.82) is 0 Å². The SMILES string of the molecule is C[C@H](NC(=O)CCOCCOCCOCCOCCOCCOCCOCCOCCNC(=O)c1cc(-c2cnc(S(C)(=O)=O)nc2)cc(-c2cnc(S(C)(=O)=O)nc2)c1)C(=O)N[C@@H](C)C(=O)NCOCc1coc(C(=O)O[C@]2(C(=O)SCF)[C@H](C)C[C@H]3[C@@H]4C[C@H](F)C5=CC(=O)C=C[C@]5(C)[C@@]4(F)[C@@H](O)C[C@@]32C)c1. The van der Waals surface area contributed by atoms with Crippen LogP contribution in [0.2, 0.25) is 0 Å². The lowest BCUT2D eigenvalue weighted by Crippen LogP contribution is -2.70. The molecule has 31 nitrogen and oxygen atoms in total. The van der Waals surface area contributed by atoms with E-state index in [0.29, 0.717) is 100 Å². The Labute approximate surface area is 627 Å². The molecule has 0 bridgehead atoms. The second kappa shape index (κ2) is 39.4. The number of amides is 4. The molecule has 0 unspecified atom stereocenters. The highest BCUT2D eigenvalue weighted by atomic mass is 32.2. The van der Waals surface area contributed by atoms with Crippen LogP contribution in [0.3, 0.4) is 0 Å². The number of furan rings is 1. The maximum atomic E-state index is 17.8. The number of nitrogens with one attached hydrogen (secondary N) is 4. The number of rotatable bonds is 44. The molecule has 1 aromatic carbocycles. The van der Waals surface area contributed by atoms with Crippen molar-refractivity contribution in [3.8, 4) is 22.3 Å². The van der Waals surface area contributed by atoms with Gasteiger partial charge in [-0.1, -0.05) is 19.9 Å². The van der Waals surface area contributed by atoms with Gasteiger partial charge in [0.2, 0.25) is 58.6 Å². The summed E-state index contributed by atoms with van der Waals surface area (Å²) < 4.78 is 157. The zero-order chi connectivity index (χ0) is 78.5. The zero-order valence-corrected chi connectivity index (χ0v) is 63.5. The fourth-order valence-corrected chi connectivity index (χ4v) is 15.7. The van der Waals surface area contributed by atoms with Gasteiger partial charge in [-0.15, -0.1) is 0 Å². The number of halogens is 3. The maximum Gasteiger partial charge on any atom is 0.375 e. The molecule has 37 heteroatoms. The molecule has 4 aromatic rings. The standard InChI is InChI=1S/C71H93F3N8O23S3/c1-44-28-54-55-34-57(73)56-33-53(83)8-10-68(56,4)70(55,74)59(84)35-69(54,5)71(44,65(90)106-42-72)105-64(89)58-29-47(41-104-58)40-103-43-80-61(86)45(2)82-62(87)46(3)81-60(85)9-12-95-14-16-97-18-20-99-22-24-101-26-27-102-25-23-100-21-19-98-17-15-96-13-11-75-63(88)50-31-48(51-36-76-66(77-37-51)107(6,91)92)30-49(32-50)52-38-78-67(79-39-52)108(7,93)94/h8,10,29-33,36-39,41,44-46,54-55,57,59,84H,9,11-28,34-35,40,42-43H2,1-7H3,(H,75,88)(H,80,86)(H,81,85)(H,82,87)/t44-,45+,46+,54+,55+,57+,59+,68+,69+,70+,71+/m1/s1. The highest BCUT2D eigenvalue weighted by Crippen LogP contribution is 2.72. The molecule has 108 heavy (non-hydrogen) atoms. The number of alkyl halides is 3. The third-order valence-electron chi connectivity index (χ3n) is 19.3. The number of aliphatic hydroxyl groups excluding tert-OH is 1. The van der Waals surface area contributed by atoms with Crippen molar-refractivity contribution < 1.29 is 120 Å². The Hall–Kier alpha value is -7.53. The Morgan fingerprint density at radius 3 is 1.68 bits per heavy atom. The molecule has 0 radical (unpaired) electrons. The van der Waals surface area contributed by atoms with E-state index in [9.17, 15) is 59.9 Å². The molecule has 4 amide bonds. The van der Waals surface area contributed by atoms with Gasteiger partial charge in [0.1, 0.15) is 31.0 Å². The summed E-state index contributed by atoms with van der Waals surface area (Å²) in [5.41, 5.74) is -5.55. The van der Waals surface area contributed by atoms with Gasteiger partial charge in [-0.05, 0) is 111 Å². The number of aromatic nitrogens is 4. The van der Waals surface area contributed by atoms with Crippen LogP contribution in [-0.2, 0) is 97.6 Å². The number of hydrogen-bond donors (Lipinski definition) is 5. The second-order valence-electron chi connectivity index (χ2n) is 26.8. The van der Waals surface area contributed by atoms with Crippen LogP contribution < -0.4 is 21.3 Å². The quantitative estimate of drug-likeness (QED) is 0.0179. The van der Waals surface area contributed by atoms with Gasteiger partial charge in [0, 0.05) is 95.2 Å². The molecular formula is C71H93F3N8O23S3. The summed E-state index contributed by atoms with van der Waals surface area (Å²) in [5, 5.41) is 20.6. The van der Waals surface area contributed by atoms with Crippen LogP contribution in [0.5, 0.6) is 0 Å². The lowest BCUT2D eigenvalue weighted by atomic mass is 9.44. The number of carbonyl (C=O) groups excluding carboxylic acids is 7. The number of sulfone groups is 2. The number of allylic oxidation sites excluding steroid dienone is 4. The van der Waals surface area contributed by atoms with Gasteiger partial charge in [0.25, 0.3) is 5.91 Å². The molecule has 3 saturated carbocycles. The van der Waals surface area contributed by atoms with Crippen LogP contribution in [0.15, 0.2) is 93.8 Å². The number of carbonyl (C=O) groups is 7. The largest absolute Gasteiger partial charge is 0.457 e. The fourth-order valence-electron chi connectivity index (χ4n) is 13.9. The second-order valence-corrected chi connectivity index (χ2v) is 31.5. The summed E-state index contributed by atoms with van der Waals surface area (Å²) in [6, 6.07) is 2.88. The average Bonchev–Trinajstić information content (AvgIpc) is 1.20. The van der Waals surface area contributed by atoms with E-state index in [2.05, 4.69) is 41.2 Å². The first kappa shape index (κ1) is 86.1. The highest BCUT2D eigenvalue weighted by Gasteiger charge is 2.78. The van der Waals surface area contributed by atoms with E-state index in [-0.39, 0.29) is 105 Å². The first-order chi connectivity index (χ1) is 51.4. The van der Waals surface area contributed by atoms with Crippen LogP contribution in [-0.4, -0.2) is 256 Å². The third-order valence-corrected chi connectivity index (χ3v) is 21.7. The maximum absolute atomic E-state index is 17.8. The van der Waals surface area contributed by atoms with Gasteiger partial charge < -0.3 is 78.2 Å². The zero-order valence-electron chi connectivity index (χ0n) is 61.0. The van der Waals surface area contributed by atoms with Gasteiger partial charge in [-0.3, -0.25) is 28.8 Å². The molecule has 3 aromatic heterocycles. The summed E-state index contributed by atoms with van der Waals surface area (Å²) in [4.78, 5) is 108. The molecule has 11 atom stereocenters. The first-order valence-electron chi connectivity index (χ1n) is 34.9. The van der Waals surface area contributed by atoms with Gasteiger partial charge >= 0.3 is 5.97 Å². The summed E-state index contributed by atoms with van der Waals surface area (Å²) in [6.07, 6.45) is 7.55. The van der Waals surface area contributed by atoms with Crippen molar-refractivity contribution in [3.63, 3.8) is 0 Å². The summed E-state index contributed by atoms with van der Waals surface area (Å²) in [5.74, 6) is -7.04. The first-order valence-corrected chi connectivity index (χ1v) is 39.7. The molecular weight excluding hydrogens is 1490 g/mol. The predicted molar refractivity (Wildman–Crippen MR) is 380 cm³/mol. The van der Waals surface area contributed by atoms with Crippen molar-refractivity contribution in [2.24, 2.45) is 28.6 Å². The average molecular weight is 1580 g/mol. The van der Waals surface area contributed by atoms with E-state index >= 15 is 8.78 Å². The normalized spacial score (nSPS) is 23.6. The van der Waals surface area contributed by atoms with Crippen LogP contribution >= 0.6 is 11.8 Å². The number of esters is 1. The van der Waals surface area contributed by atoms with E-state index < -0.39 is 143 Å². The Kier molecular flexibility index (Phi) is 31.4. The number of benzene rings is 1. The number of ketones is 1. The molecule has 5 N–H and O–H groups in total. The van der Waals surface area contributed by atoms with Crippen molar-refractivity contribution >= 4 is 71.9 Å². The molecule has 594 valence electrons. The van der Waals surface area contributed by atoms with Crippen molar-refractivity contribution in [2.75, 3.05) is 138 Å². The van der Waals surface area contributed by atoms with E-state index in [4.69, 9.17) is 51.8 Å². The van der Waals surface area contributed by atoms with Gasteiger partial charge in [0.05, 0.1) is 125 Å². The number of nitrogens with zero attached hydrogens (tertiary/aromatic N) is 4. The van der Waals surface area contributed by atoms with Crippen molar-refractivity contribution in [3.05, 3.63) is 96.0 Å². The number of aliphatic hydroxyl groups is 1. The number of thioether (sulfide) groups is 1. The molecule has 4 aliphatic rings. The monoisotopic (exact) mass is 1580 g/mol. The number of ether oxygens (including phenoxy) is 10. The minimum Gasteiger partial charge on any atom is -0.457 e. The van der Waals surface area contributed by atoms with Crippen LogP contribution in [0, 0.1) is 28.6 Å². The number of fused-ring (bicyclic) bond motifs is 5. The Morgan fingerprint density at radius 2 is 1.17 bits per heavy atom. The molecule has 0 spiro atoms. The molecule has 3 fully saturated rings. The lowest BCUT2D eigenvalue weighted by Gasteiger charge is -2.63. The Bertz CT molecular complexity index is 3980.